The van der Waals surface area contributed by atoms with Crippen LogP contribution in [0.3, 0.4) is 0 Å². The minimum absolute atomic E-state index is 0.00148. The molecule has 36 heavy (non-hydrogen) atoms. The zero-order valence-corrected chi connectivity index (χ0v) is 19.1. The van der Waals surface area contributed by atoms with Gasteiger partial charge in [-0.15, -0.1) is 0 Å². The molecule has 0 fully saturated rings. The number of hydrogen-bond donors (Lipinski definition) is 2. The summed E-state index contributed by atoms with van der Waals surface area (Å²) in [6, 6.07) is 9.16. The lowest BCUT2D eigenvalue weighted by molar-refractivity contribution is -0.384. The van der Waals surface area contributed by atoms with E-state index in [1.165, 1.54) is 30.3 Å². The lowest BCUT2D eigenvalue weighted by atomic mass is 10.1. The first kappa shape index (κ1) is 25.8. The first-order valence-corrected chi connectivity index (χ1v) is 10.9. The van der Waals surface area contributed by atoms with Crippen LogP contribution in [0.1, 0.15) is 44.4 Å². The Balaban J connectivity index is 1.39. The minimum atomic E-state index is -0.844. The van der Waals surface area contributed by atoms with Gasteiger partial charge >= 0.3 is 6.16 Å². The SMILES string of the molecule is CCOC(=O)Oc1ccc(C(=O)NCCCNC(=O)CN2C(=O)c3ccc([N+](=O)[O-])cc3C2=O)cc1. The molecule has 0 aromatic heterocycles. The number of benzene rings is 2. The van der Waals surface area contributed by atoms with Gasteiger partial charge in [-0.3, -0.25) is 34.2 Å². The lowest BCUT2D eigenvalue weighted by Gasteiger charge is -2.13. The first-order chi connectivity index (χ1) is 17.2. The van der Waals surface area contributed by atoms with Crippen molar-refractivity contribution in [3.63, 3.8) is 0 Å². The van der Waals surface area contributed by atoms with Crippen molar-refractivity contribution < 1.29 is 38.4 Å². The summed E-state index contributed by atoms with van der Waals surface area (Å²) in [4.78, 5) is 71.4. The van der Waals surface area contributed by atoms with E-state index in [9.17, 15) is 34.1 Å². The maximum Gasteiger partial charge on any atom is 0.513 e. The van der Waals surface area contributed by atoms with Crippen molar-refractivity contribution in [3.05, 3.63) is 69.3 Å². The molecule has 2 N–H and O–H groups in total. The van der Waals surface area contributed by atoms with E-state index in [2.05, 4.69) is 15.4 Å². The molecule has 0 unspecified atom stereocenters. The van der Waals surface area contributed by atoms with E-state index in [1.807, 2.05) is 0 Å². The normalized spacial score (nSPS) is 12.1. The second-order valence-electron chi connectivity index (χ2n) is 7.45. The number of non-ortho nitro benzene ring substituents is 1. The largest absolute Gasteiger partial charge is 0.513 e. The maximum absolute atomic E-state index is 12.4. The Kier molecular flexibility index (Phi) is 8.28. The van der Waals surface area contributed by atoms with Crippen LogP contribution in [-0.2, 0) is 9.53 Å². The van der Waals surface area contributed by atoms with Gasteiger partial charge in [-0.1, -0.05) is 0 Å². The smallest absolute Gasteiger partial charge is 0.434 e. The zero-order chi connectivity index (χ0) is 26.2. The monoisotopic (exact) mass is 498 g/mol. The van der Waals surface area contributed by atoms with Gasteiger partial charge in [0.25, 0.3) is 23.4 Å². The molecule has 188 valence electrons. The van der Waals surface area contributed by atoms with Gasteiger partial charge < -0.3 is 20.1 Å². The highest BCUT2D eigenvalue weighted by Gasteiger charge is 2.37. The van der Waals surface area contributed by atoms with Crippen LogP contribution in [0, 0.1) is 10.1 Å². The molecule has 0 aliphatic carbocycles. The average molecular weight is 498 g/mol. The Hall–Kier alpha value is -4.81. The summed E-state index contributed by atoms with van der Waals surface area (Å²) in [5, 5.41) is 16.1. The van der Waals surface area contributed by atoms with E-state index in [0.717, 1.165) is 17.0 Å². The highest BCUT2D eigenvalue weighted by molar-refractivity contribution is 6.22. The molecule has 1 heterocycles. The van der Waals surface area contributed by atoms with Gasteiger partial charge in [0.15, 0.2) is 0 Å². The second-order valence-corrected chi connectivity index (χ2v) is 7.45. The number of imide groups is 1. The summed E-state index contributed by atoms with van der Waals surface area (Å²) in [5.41, 5.74) is -0.114. The molecular weight excluding hydrogens is 476 g/mol. The van der Waals surface area contributed by atoms with E-state index in [0.29, 0.717) is 12.0 Å². The Morgan fingerprint density at radius 3 is 2.31 bits per heavy atom. The number of rotatable bonds is 10. The van der Waals surface area contributed by atoms with Crippen LogP contribution in [0.2, 0.25) is 0 Å². The van der Waals surface area contributed by atoms with Crippen molar-refractivity contribution in [1.29, 1.82) is 0 Å². The molecule has 2 aromatic rings. The Bertz CT molecular complexity index is 1210. The van der Waals surface area contributed by atoms with Gasteiger partial charge in [0.2, 0.25) is 5.91 Å². The van der Waals surface area contributed by atoms with Crippen molar-refractivity contribution in [2.75, 3.05) is 26.2 Å². The van der Waals surface area contributed by atoms with Gasteiger partial charge in [-0.05, 0) is 43.7 Å². The average Bonchev–Trinajstić information content (AvgIpc) is 3.08. The molecule has 3 rings (SSSR count). The molecule has 13 heteroatoms. The van der Waals surface area contributed by atoms with Crippen molar-refractivity contribution >= 4 is 35.5 Å². The number of ether oxygens (including phenoxy) is 2. The number of nitrogens with zero attached hydrogens (tertiary/aromatic N) is 2. The van der Waals surface area contributed by atoms with Crippen molar-refractivity contribution in [3.8, 4) is 5.75 Å². The number of amides is 4. The highest BCUT2D eigenvalue weighted by Crippen LogP contribution is 2.26. The van der Waals surface area contributed by atoms with E-state index in [4.69, 9.17) is 4.74 Å². The third-order valence-electron chi connectivity index (χ3n) is 5.01. The molecular formula is C23H22N4O9. The van der Waals surface area contributed by atoms with E-state index < -0.39 is 35.3 Å². The molecule has 1 aliphatic heterocycles. The van der Waals surface area contributed by atoms with Gasteiger partial charge in [0, 0.05) is 30.8 Å². The molecule has 2 aromatic carbocycles. The molecule has 0 saturated heterocycles. The van der Waals surface area contributed by atoms with Crippen LogP contribution >= 0.6 is 0 Å². The molecule has 0 radical (unpaired) electrons. The van der Waals surface area contributed by atoms with Crippen LogP contribution in [0.15, 0.2) is 42.5 Å². The summed E-state index contributed by atoms with van der Waals surface area (Å²) in [6.07, 6.45) is -0.473. The predicted octanol–water partition coefficient (Wildman–Crippen LogP) is 1.66. The summed E-state index contributed by atoms with van der Waals surface area (Å²) in [5.74, 6) is -2.22. The third-order valence-corrected chi connectivity index (χ3v) is 5.01. The molecule has 1 aliphatic rings. The van der Waals surface area contributed by atoms with Crippen LogP contribution in [0.4, 0.5) is 10.5 Å². The van der Waals surface area contributed by atoms with Crippen LogP contribution < -0.4 is 15.4 Å². The summed E-state index contributed by atoms with van der Waals surface area (Å²) in [7, 11) is 0. The summed E-state index contributed by atoms with van der Waals surface area (Å²) in [6.45, 7) is 1.69. The number of nitro groups is 1. The lowest BCUT2D eigenvalue weighted by Crippen LogP contribution is -2.41. The van der Waals surface area contributed by atoms with Crippen molar-refractivity contribution in [2.24, 2.45) is 0 Å². The van der Waals surface area contributed by atoms with Gasteiger partial charge in [0.05, 0.1) is 22.7 Å². The molecule has 0 atom stereocenters. The Morgan fingerprint density at radius 1 is 0.972 bits per heavy atom. The molecule has 0 bridgehead atoms. The fraction of sp³-hybridized carbons (Fsp3) is 0.261. The summed E-state index contributed by atoms with van der Waals surface area (Å²) >= 11 is 0. The first-order valence-electron chi connectivity index (χ1n) is 10.9. The van der Waals surface area contributed by atoms with E-state index in [1.54, 1.807) is 6.92 Å². The van der Waals surface area contributed by atoms with Gasteiger partial charge in [-0.25, -0.2) is 4.79 Å². The van der Waals surface area contributed by atoms with Crippen LogP contribution in [-0.4, -0.2) is 65.8 Å². The number of carbonyl (C=O) groups is 5. The quantitative estimate of drug-likeness (QED) is 0.123. The number of nitrogens with one attached hydrogen (secondary N) is 2. The number of nitro benzene ring substituents is 1. The van der Waals surface area contributed by atoms with Crippen molar-refractivity contribution in [1.82, 2.24) is 15.5 Å². The topological polar surface area (TPSA) is 174 Å². The second kappa shape index (κ2) is 11.6. The number of hydrogen-bond acceptors (Lipinski definition) is 9. The standard InChI is InChI=1S/C23H22N4O9/c1-2-35-23(32)36-16-7-4-14(5-8-16)20(29)25-11-3-10-24-19(28)13-26-21(30)17-9-6-15(27(33)34)12-18(17)22(26)31/h4-9,12H,2-3,10-11,13H2,1H3,(H,24,28)(H,25,29). The fourth-order valence-electron chi connectivity index (χ4n) is 3.27. The van der Waals surface area contributed by atoms with E-state index >= 15 is 0 Å². The summed E-state index contributed by atoms with van der Waals surface area (Å²) < 4.78 is 9.58. The minimum Gasteiger partial charge on any atom is -0.434 e. The highest BCUT2D eigenvalue weighted by atomic mass is 16.7. The predicted molar refractivity (Wildman–Crippen MR) is 123 cm³/mol. The fourth-order valence-corrected chi connectivity index (χ4v) is 3.27. The third kappa shape index (κ3) is 6.20. The molecule has 13 nitrogen and oxygen atoms in total. The van der Waals surface area contributed by atoms with Gasteiger partial charge in [0.1, 0.15) is 12.3 Å². The van der Waals surface area contributed by atoms with Crippen LogP contribution in [0.25, 0.3) is 0 Å². The van der Waals surface area contributed by atoms with Crippen LogP contribution in [0.5, 0.6) is 5.75 Å². The van der Waals surface area contributed by atoms with E-state index in [-0.39, 0.29) is 48.2 Å². The zero-order valence-electron chi connectivity index (χ0n) is 19.1. The number of fused-ring (bicyclic) bond motifs is 1. The van der Waals surface area contributed by atoms with Crippen molar-refractivity contribution in [2.45, 2.75) is 13.3 Å². The Labute approximate surface area is 204 Å². The Morgan fingerprint density at radius 2 is 1.64 bits per heavy atom. The van der Waals surface area contributed by atoms with Gasteiger partial charge in [-0.2, -0.15) is 0 Å². The molecule has 0 spiro atoms. The molecule has 4 amide bonds. The maximum atomic E-state index is 12.4. The molecule has 0 saturated carbocycles. The number of carbonyl (C=O) groups excluding carboxylic acids is 5.